The van der Waals surface area contributed by atoms with Crippen LogP contribution in [0.15, 0.2) is 24.3 Å². The number of hydrogen-bond acceptors (Lipinski definition) is 4. The molecule has 0 radical (unpaired) electrons. The van der Waals surface area contributed by atoms with Crippen molar-refractivity contribution in [3.05, 3.63) is 29.8 Å². The molecule has 0 aliphatic carbocycles. The summed E-state index contributed by atoms with van der Waals surface area (Å²) in [6, 6.07) is 6.89. The predicted octanol–water partition coefficient (Wildman–Crippen LogP) is 1.76. The summed E-state index contributed by atoms with van der Waals surface area (Å²) in [5, 5.41) is 8.60. The topological polar surface area (TPSA) is 72.8 Å². The number of aliphatic carboxylic acids is 1. The Bertz CT molecular complexity index is 427. The number of para-hydroxylation sites is 1. The molecule has 0 saturated heterocycles. The van der Waals surface area contributed by atoms with Crippen molar-refractivity contribution in [3.63, 3.8) is 0 Å². The van der Waals surface area contributed by atoms with Gasteiger partial charge in [-0.3, -0.25) is 4.79 Å². The fourth-order valence-corrected chi connectivity index (χ4v) is 1.33. The minimum atomic E-state index is -1.01. The van der Waals surface area contributed by atoms with Crippen molar-refractivity contribution in [3.8, 4) is 5.75 Å². The van der Waals surface area contributed by atoms with E-state index in [0.29, 0.717) is 11.3 Å². The molecule has 0 heterocycles. The Balaban J connectivity index is 2.45. The van der Waals surface area contributed by atoms with Gasteiger partial charge in [0.1, 0.15) is 12.4 Å². The Kier molecular flexibility index (Phi) is 5.32. The fourth-order valence-electron chi connectivity index (χ4n) is 1.33. The first-order chi connectivity index (χ1) is 8.52. The maximum Gasteiger partial charge on any atom is 0.332 e. The Morgan fingerprint density at radius 3 is 2.56 bits per heavy atom. The van der Waals surface area contributed by atoms with Crippen molar-refractivity contribution >= 4 is 11.8 Å². The highest BCUT2D eigenvalue weighted by Gasteiger charge is 2.11. The predicted molar refractivity (Wildman–Crippen MR) is 65.0 cm³/mol. The van der Waals surface area contributed by atoms with Crippen LogP contribution in [0.3, 0.4) is 0 Å². The number of carbonyl (C=O) groups is 2. The highest BCUT2D eigenvalue weighted by molar-refractivity contribution is 5.96. The van der Waals surface area contributed by atoms with Crippen LogP contribution in [0.4, 0.5) is 0 Å². The molecule has 0 unspecified atom stereocenters. The second kappa shape index (κ2) is 6.76. The number of hydrogen-bond donors (Lipinski definition) is 1. The summed E-state index contributed by atoms with van der Waals surface area (Å²) in [6.45, 7) is 3.26. The summed E-state index contributed by atoms with van der Waals surface area (Å²) in [5.74, 6) is -0.610. The molecule has 1 atom stereocenters. The van der Waals surface area contributed by atoms with Crippen LogP contribution in [0.2, 0.25) is 0 Å². The Labute approximate surface area is 105 Å². The van der Waals surface area contributed by atoms with Crippen molar-refractivity contribution in [2.75, 3.05) is 13.2 Å². The van der Waals surface area contributed by atoms with Crippen molar-refractivity contribution < 1.29 is 24.2 Å². The van der Waals surface area contributed by atoms with Gasteiger partial charge in [-0.25, -0.2) is 4.79 Å². The van der Waals surface area contributed by atoms with E-state index in [1.165, 1.54) is 13.8 Å². The molecule has 0 fully saturated rings. The van der Waals surface area contributed by atoms with Gasteiger partial charge in [0, 0.05) is 0 Å². The number of benzene rings is 1. The van der Waals surface area contributed by atoms with E-state index in [2.05, 4.69) is 0 Å². The van der Waals surface area contributed by atoms with Gasteiger partial charge in [-0.05, 0) is 26.0 Å². The van der Waals surface area contributed by atoms with Gasteiger partial charge < -0.3 is 14.6 Å². The highest BCUT2D eigenvalue weighted by atomic mass is 16.5. The number of rotatable bonds is 7. The lowest BCUT2D eigenvalue weighted by Gasteiger charge is -2.11. The molecule has 5 heteroatoms. The molecule has 0 saturated carbocycles. The summed E-state index contributed by atoms with van der Waals surface area (Å²) < 4.78 is 10.4. The maximum atomic E-state index is 11.3. The Hall–Kier alpha value is -1.88. The van der Waals surface area contributed by atoms with E-state index < -0.39 is 12.1 Å². The van der Waals surface area contributed by atoms with Gasteiger partial charge in [-0.2, -0.15) is 0 Å². The number of carbonyl (C=O) groups excluding carboxylic acids is 1. The molecule has 0 aromatic heterocycles. The summed E-state index contributed by atoms with van der Waals surface area (Å²) in [7, 11) is 0. The summed E-state index contributed by atoms with van der Waals surface area (Å²) in [6.07, 6.45) is -0.864. The van der Waals surface area contributed by atoms with E-state index in [9.17, 15) is 9.59 Å². The molecule has 1 rings (SSSR count). The van der Waals surface area contributed by atoms with Crippen LogP contribution >= 0.6 is 0 Å². The third-order valence-electron chi connectivity index (χ3n) is 2.32. The average molecular weight is 252 g/mol. The molecular formula is C13H16O5. The minimum absolute atomic E-state index is 0.0783. The molecule has 1 N–H and O–H groups in total. The van der Waals surface area contributed by atoms with Crippen LogP contribution in [0.5, 0.6) is 5.75 Å². The molecule has 0 amide bonds. The number of ether oxygens (including phenoxy) is 2. The van der Waals surface area contributed by atoms with Gasteiger partial charge in [0.25, 0.3) is 0 Å². The molecule has 1 aromatic rings. The quantitative estimate of drug-likeness (QED) is 0.591. The third-order valence-corrected chi connectivity index (χ3v) is 2.32. The molecule has 0 spiro atoms. The van der Waals surface area contributed by atoms with E-state index in [4.69, 9.17) is 14.6 Å². The lowest BCUT2D eigenvalue weighted by molar-refractivity contribution is -0.149. The summed E-state index contributed by atoms with van der Waals surface area (Å²) >= 11 is 0. The molecule has 0 bridgehead atoms. The fraction of sp³-hybridized carbons (Fsp3) is 0.385. The normalized spacial score (nSPS) is 11.9. The molecule has 0 aliphatic heterocycles. The van der Waals surface area contributed by atoms with Crippen LogP contribution in [0, 0.1) is 0 Å². The highest BCUT2D eigenvalue weighted by Crippen LogP contribution is 2.18. The van der Waals surface area contributed by atoms with Crippen LogP contribution < -0.4 is 4.74 Å². The monoisotopic (exact) mass is 252 g/mol. The second-order valence-electron chi connectivity index (χ2n) is 3.75. The smallest absolute Gasteiger partial charge is 0.332 e. The Morgan fingerprint density at radius 2 is 1.94 bits per heavy atom. The van der Waals surface area contributed by atoms with Crippen molar-refractivity contribution in [1.29, 1.82) is 0 Å². The van der Waals surface area contributed by atoms with Gasteiger partial charge in [-0.15, -0.1) is 0 Å². The molecule has 5 nitrogen and oxygen atoms in total. The first-order valence-electron chi connectivity index (χ1n) is 5.59. The lowest BCUT2D eigenvalue weighted by atomic mass is 10.1. The van der Waals surface area contributed by atoms with Crippen molar-refractivity contribution in [2.24, 2.45) is 0 Å². The molecule has 18 heavy (non-hydrogen) atoms. The average Bonchev–Trinajstić information content (AvgIpc) is 2.34. The zero-order chi connectivity index (χ0) is 13.5. The van der Waals surface area contributed by atoms with Crippen LogP contribution in [-0.2, 0) is 9.53 Å². The molecular weight excluding hydrogens is 236 g/mol. The van der Waals surface area contributed by atoms with Gasteiger partial charge in [0.2, 0.25) is 0 Å². The minimum Gasteiger partial charge on any atom is -0.490 e. The van der Waals surface area contributed by atoms with E-state index in [1.807, 2.05) is 0 Å². The largest absolute Gasteiger partial charge is 0.490 e. The molecule has 0 aliphatic rings. The zero-order valence-corrected chi connectivity index (χ0v) is 10.4. The zero-order valence-electron chi connectivity index (χ0n) is 10.4. The van der Waals surface area contributed by atoms with Crippen LogP contribution in [0.1, 0.15) is 24.2 Å². The molecule has 1 aromatic carbocycles. The molecule has 98 valence electrons. The van der Waals surface area contributed by atoms with Gasteiger partial charge in [0.05, 0.1) is 12.2 Å². The summed E-state index contributed by atoms with van der Waals surface area (Å²) in [4.78, 5) is 21.8. The van der Waals surface area contributed by atoms with E-state index in [-0.39, 0.29) is 19.0 Å². The second-order valence-corrected chi connectivity index (χ2v) is 3.75. The SMILES string of the molecule is CC(=O)c1ccccc1OCCO[C@@H](C)C(=O)O. The first kappa shape index (κ1) is 14.2. The summed E-state index contributed by atoms with van der Waals surface area (Å²) in [5.41, 5.74) is 0.504. The first-order valence-corrected chi connectivity index (χ1v) is 5.59. The number of carboxylic acids is 1. The van der Waals surface area contributed by atoms with Crippen molar-refractivity contribution in [2.45, 2.75) is 20.0 Å². The standard InChI is InChI=1S/C13H16O5/c1-9(14)11-5-3-4-6-12(11)18-8-7-17-10(2)13(15)16/h3-6,10H,7-8H2,1-2H3,(H,15,16)/t10-/m0/s1. The van der Waals surface area contributed by atoms with Gasteiger partial charge >= 0.3 is 5.97 Å². The van der Waals surface area contributed by atoms with E-state index in [0.717, 1.165) is 0 Å². The number of Topliss-reactive ketones (excluding diaryl/α,β-unsaturated/α-hetero) is 1. The number of ketones is 1. The Morgan fingerprint density at radius 1 is 1.28 bits per heavy atom. The van der Waals surface area contributed by atoms with E-state index >= 15 is 0 Å². The van der Waals surface area contributed by atoms with Crippen LogP contribution in [-0.4, -0.2) is 36.2 Å². The van der Waals surface area contributed by atoms with Crippen molar-refractivity contribution in [1.82, 2.24) is 0 Å². The van der Waals surface area contributed by atoms with Gasteiger partial charge in [0.15, 0.2) is 11.9 Å². The maximum absolute atomic E-state index is 11.3. The lowest BCUT2D eigenvalue weighted by Crippen LogP contribution is -2.22. The van der Waals surface area contributed by atoms with E-state index in [1.54, 1.807) is 24.3 Å². The van der Waals surface area contributed by atoms with Crippen LogP contribution in [0.25, 0.3) is 0 Å². The number of carboxylic acid groups (broad SMARTS) is 1. The van der Waals surface area contributed by atoms with Gasteiger partial charge in [-0.1, -0.05) is 12.1 Å². The third kappa shape index (κ3) is 4.18.